The summed E-state index contributed by atoms with van der Waals surface area (Å²) >= 11 is 0. The molecule has 1 aromatic carbocycles. The van der Waals surface area contributed by atoms with Gasteiger partial charge in [0.2, 0.25) is 0 Å². The Bertz CT molecular complexity index is 1270. The fourth-order valence-electron chi connectivity index (χ4n) is 3.18. The molecule has 8 heteroatoms. The minimum atomic E-state index is -0.233. The number of pyridine rings is 1. The van der Waals surface area contributed by atoms with Crippen molar-refractivity contribution in [1.82, 2.24) is 24.7 Å². The van der Waals surface area contributed by atoms with Crippen molar-refractivity contribution >= 4 is 23.1 Å². The Morgan fingerprint density at radius 1 is 1.13 bits per heavy atom. The van der Waals surface area contributed by atoms with E-state index in [0.717, 1.165) is 16.9 Å². The highest BCUT2D eigenvalue weighted by Crippen LogP contribution is 2.28. The molecule has 0 aliphatic heterocycles. The summed E-state index contributed by atoms with van der Waals surface area (Å²) in [7, 11) is 0. The summed E-state index contributed by atoms with van der Waals surface area (Å²) in [4.78, 5) is 25.6. The average Bonchev–Trinajstić information content (AvgIpc) is 3.17. The molecule has 4 rings (SSSR count). The van der Waals surface area contributed by atoms with Gasteiger partial charge < -0.3 is 11.1 Å². The summed E-state index contributed by atoms with van der Waals surface area (Å²) in [6, 6.07) is 12.5. The molecule has 0 radical (unpaired) electrons. The lowest BCUT2D eigenvalue weighted by Crippen LogP contribution is -2.15. The molecular weight excluding hydrogens is 390 g/mol. The number of carbonyl (C=O) groups is 1. The number of carbonyl (C=O) groups excluding carboxylic acids is 1. The Labute approximate surface area is 179 Å². The molecule has 0 aliphatic carbocycles. The van der Waals surface area contributed by atoms with Gasteiger partial charge >= 0.3 is 0 Å². The van der Waals surface area contributed by atoms with E-state index in [-0.39, 0.29) is 5.91 Å². The number of nitrogen functional groups attached to an aromatic ring is 1. The van der Waals surface area contributed by atoms with Crippen molar-refractivity contribution in [2.75, 3.05) is 17.6 Å². The van der Waals surface area contributed by atoms with Crippen LogP contribution in [0.4, 0.5) is 11.6 Å². The van der Waals surface area contributed by atoms with Crippen LogP contribution in [-0.4, -0.2) is 31.8 Å². The van der Waals surface area contributed by atoms with Gasteiger partial charge in [0.25, 0.3) is 5.91 Å². The van der Waals surface area contributed by atoms with Crippen LogP contribution in [0.2, 0.25) is 0 Å². The Morgan fingerprint density at radius 2 is 1.97 bits per heavy atom. The van der Waals surface area contributed by atoms with Crippen LogP contribution in [0.15, 0.2) is 61.1 Å². The number of hydrogen-bond donors (Lipinski definition) is 3. The lowest BCUT2D eigenvalue weighted by atomic mass is 10.1. The first-order chi connectivity index (χ1) is 15.2. The van der Waals surface area contributed by atoms with E-state index in [9.17, 15) is 4.79 Å². The number of amides is 1. The molecule has 3 heterocycles. The molecule has 0 bridgehead atoms. The predicted molar refractivity (Wildman–Crippen MR) is 120 cm³/mol. The number of fused-ring (bicyclic) bond motifs is 1. The van der Waals surface area contributed by atoms with Gasteiger partial charge in [0.15, 0.2) is 0 Å². The van der Waals surface area contributed by atoms with Crippen LogP contribution in [0.3, 0.4) is 0 Å². The SMILES string of the molecule is CC#CCNCc1nc(-c2ccc(C(=O)Nc3ccccn3)cc2)c2c(N)nccn12. The highest BCUT2D eigenvalue weighted by atomic mass is 16.1. The lowest BCUT2D eigenvalue weighted by molar-refractivity contribution is 0.102. The Balaban J connectivity index is 1.62. The number of anilines is 2. The standard InChI is InChI=1S/C23H21N7O/c1-2-3-11-25-15-19-29-20(21-22(24)27-13-14-30(19)21)16-7-9-17(10-8-16)23(31)28-18-6-4-5-12-26-18/h4-10,12-14,25H,11,15H2,1H3,(H2,24,27)(H,26,28,31). The number of aromatic nitrogens is 4. The fourth-order valence-corrected chi connectivity index (χ4v) is 3.18. The second-order valence-corrected chi connectivity index (χ2v) is 6.68. The molecule has 154 valence electrons. The number of rotatable bonds is 6. The summed E-state index contributed by atoms with van der Waals surface area (Å²) in [5.41, 5.74) is 8.96. The van der Waals surface area contributed by atoms with E-state index < -0.39 is 0 Å². The van der Waals surface area contributed by atoms with Crippen molar-refractivity contribution < 1.29 is 4.79 Å². The maximum atomic E-state index is 12.5. The third kappa shape index (κ3) is 4.37. The minimum Gasteiger partial charge on any atom is -0.382 e. The summed E-state index contributed by atoms with van der Waals surface area (Å²) in [6.45, 7) is 2.91. The number of imidazole rings is 1. The van der Waals surface area contributed by atoms with Gasteiger partial charge in [-0.05, 0) is 31.2 Å². The number of nitrogens with two attached hydrogens (primary N) is 1. The van der Waals surface area contributed by atoms with E-state index in [1.807, 2.05) is 28.8 Å². The van der Waals surface area contributed by atoms with Gasteiger partial charge in [-0.25, -0.2) is 15.0 Å². The van der Waals surface area contributed by atoms with E-state index in [4.69, 9.17) is 10.7 Å². The molecular formula is C23H21N7O. The van der Waals surface area contributed by atoms with Gasteiger partial charge in [-0.3, -0.25) is 14.5 Å². The summed E-state index contributed by atoms with van der Waals surface area (Å²) < 4.78 is 1.92. The number of benzene rings is 1. The first kappa shape index (κ1) is 20.1. The van der Waals surface area contributed by atoms with Gasteiger partial charge in [0.1, 0.15) is 28.7 Å². The van der Waals surface area contributed by atoms with E-state index in [2.05, 4.69) is 32.4 Å². The maximum absolute atomic E-state index is 12.5. The van der Waals surface area contributed by atoms with Crippen LogP contribution in [0, 0.1) is 11.8 Å². The highest BCUT2D eigenvalue weighted by Gasteiger charge is 2.16. The molecule has 0 atom stereocenters. The topological polar surface area (TPSA) is 110 Å². The smallest absolute Gasteiger partial charge is 0.256 e. The van der Waals surface area contributed by atoms with Crippen LogP contribution in [0.5, 0.6) is 0 Å². The largest absolute Gasteiger partial charge is 0.382 e. The first-order valence-electron chi connectivity index (χ1n) is 9.72. The lowest BCUT2D eigenvalue weighted by Gasteiger charge is -2.05. The van der Waals surface area contributed by atoms with Crippen LogP contribution in [0.1, 0.15) is 23.1 Å². The number of nitrogens with zero attached hydrogens (tertiary/aromatic N) is 4. The molecule has 8 nitrogen and oxygen atoms in total. The van der Waals surface area contributed by atoms with Crippen molar-refractivity contribution in [3.63, 3.8) is 0 Å². The normalized spacial score (nSPS) is 10.5. The van der Waals surface area contributed by atoms with Crippen molar-refractivity contribution in [2.45, 2.75) is 13.5 Å². The van der Waals surface area contributed by atoms with E-state index in [1.54, 1.807) is 43.6 Å². The van der Waals surface area contributed by atoms with Crippen molar-refractivity contribution in [3.8, 4) is 23.1 Å². The number of nitrogens with one attached hydrogen (secondary N) is 2. The molecule has 3 aromatic heterocycles. The molecule has 0 aliphatic rings. The highest BCUT2D eigenvalue weighted by molar-refractivity contribution is 6.04. The van der Waals surface area contributed by atoms with E-state index >= 15 is 0 Å². The zero-order chi connectivity index (χ0) is 21.6. The Kier molecular flexibility index (Phi) is 5.87. The molecule has 1 amide bonds. The molecule has 0 spiro atoms. The van der Waals surface area contributed by atoms with E-state index in [1.165, 1.54) is 0 Å². The maximum Gasteiger partial charge on any atom is 0.256 e. The third-order valence-electron chi connectivity index (χ3n) is 4.66. The molecule has 0 saturated carbocycles. The van der Waals surface area contributed by atoms with Gasteiger partial charge in [-0.1, -0.05) is 24.1 Å². The van der Waals surface area contributed by atoms with Crippen LogP contribution < -0.4 is 16.4 Å². The van der Waals surface area contributed by atoms with Gasteiger partial charge in [0.05, 0.1) is 13.1 Å². The monoisotopic (exact) mass is 411 g/mol. The Hall–Kier alpha value is -4.22. The molecule has 31 heavy (non-hydrogen) atoms. The predicted octanol–water partition coefficient (Wildman–Crippen LogP) is 2.74. The van der Waals surface area contributed by atoms with Crippen molar-refractivity contribution in [1.29, 1.82) is 0 Å². The fraction of sp³-hybridized carbons (Fsp3) is 0.130. The number of hydrogen-bond acceptors (Lipinski definition) is 6. The summed E-state index contributed by atoms with van der Waals surface area (Å²) in [5, 5.41) is 6.02. The molecule has 0 unspecified atom stereocenters. The van der Waals surface area contributed by atoms with Crippen molar-refractivity contribution in [2.24, 2.45) is 0 Å². The quantitative estimate of drug-likeness (QED) is 0.332. The second-order valence-electron chi connectivity index (χ2n) is 6.68. The van der Waals surface area contributed by atoms with Gasteiger partial charge in [-0.15, -0.1) is 5.92 Å². The van der Waals surface area contributed by atoms with Gasteiger partial charge in [-0.2, -0.15) is 0 Å². The third-order valence-corrected chi connectivity index (χ3v) is 4.66. The van der Waals surface area contributed by atoms with E-state index in [0.29, 0.717) is 36.0 Å². The molecule has 0 saturated heterocycles. The molecule has 4 aromatic rings. The molecule has 4 N–H and O–H groups in total. The first-order valence-corrected chi connectivity index (χ1v) is 9.72. The zero-order valence-electron chi connectivity index (χ0n) is 17.0. The summed E-state index contributed by atoms with van der Waals surface area (Å²) in [6.07, 6.45) is 5.11. The average molecular weight is 411 g/mol. The minimum absolute atomic E-state index is 0.233. The Morgan fingerprint density at radius 3 is 2.71 bits per heavy atom. The van der Waals surface area contributed by atoms with Crippen LogP contribution >= 0.6 is 0 Å². The van der Waals surface area contributed by atoms with Crippen LogP contribution in [0.25, 0.3) is 16.8 Å². The zero-order valence-corrected chi connectivity index (χ0v) is 17.0. The summed E-state index contributed by atoms with van der Waals surface area (Å²) in [5.74, 6) is 7.29. The van der Waals surface area contributed by atoms with Crippen LogP contribution in [-0.2, 0) is 6.54 Å². The second kappa shape index (κ2) is 9.07. The molecule has 0 fully saturated rings. The van der Waals surface area contributed by atoms with Gasteiger partial charge in [0, 0.05) is 29.7 Å². The van der Waals surface area contributed by atoms with Crippen molar-refractivity contribution in [3.05, 3.63) is 72.4 Å².